The van der Waals surface area contributed by atoms with Gasteiger partial charge in [0.05, 0.1) is 22.1 Å². The van der Waals surface area contributed by atoms with Crippen LogP contribution in [0.3, 0.4) is 0 Å². The van der Waals surface area contributed by atoms with Gasteiger partial charge in [-0.3, -0.25) is 4.79 Å². The van der Waals surface area contributed by atoms with Crippen LogP contribution < -0.4 is 10.5 Å². The average Bonchev–Trinajstić information content (AvgIpc) is 3.74. The second-order valence-corrected chi connectivity index (χ2v) is 11.1. The largest absolute Gasteiger partial charge is 0.493 e. The van der Waals surface area contributed by atoms with Gasteiger partial charge in [-0.1, -0.05) is 18.2 Å². The molecule has 192 valence electrons. The second kappa shape index (κ2) is 9.54. The number of likely N-dealkylation sites (tertiary alicyclic amines) is 1. The summed E-state index contributed by atoms with van der Waals surface area (Å²) in [4.78, 5) is 31.6. The molecular formula is C28H28FN3O4S. The van der Waals surface area contributed by atoms with Gasteiger partial charge in [-0.25, -0.2) is 14.2 Å². The van der Waals surface area contributed by atoms with Gasteiger partial charge in [0.2, 0.25) is 0 Å². The fourth-order valence-electron chi connectivity index (χ4n) is 5.41. The lowest BCUT2D eigenvalue weighted by Gasteiger charge is -2.26. The van der Waals surface area contributed by atoms with Crippen LogP contribution in [-0.4, -0.2) is 52.1 Å². The molecule has 2 aliphatic carbocycles. The Kier molecular flexibility index (Phi) is 6.20. The number of carbonyl (C=O) groups excluding carboxylic acids is 1. The van der Waals surface area contributed by atoms with Crippen LogP contribution in [0.4, 0.5) is 4.39 Å². The Balaban J connectivity index is 0.000000176. The first kappa shape index (κ1) is 24.1. The third kappa shape index (κ3) is 4.62. The summed E-state index contributed by atoms with van der Waals surface area (Å²) < 4.78 is 18.5. The molecule has 0 bridgehead atoms. The number of benzene rings is 2. The van der Waals surface area contributed by atoms with Crippen molar-refractivity contribution in [1.82, 2.24) is 9.88 Å². The minimum atomic E-state index is -0.877. The minimum Gasteiger partial charge on any atom is -0.493 e. The van der Waals surface area contributed by atoms with Gasteiger partial charge in [0, 0.05) is 36.5 Å². The Morgan fingerprint density at radius 3 is 2.65 bits per heavy atom. The van der Waals surface area contributed by atoms with Crippen LogP contribution in [0.2, 0.25) is 0 Å². The summed E-state index contributed by atoms with van der Waals surface area (Å²) in [6.45, 7) is 1.10. The van der Waals surface area contributed by atoms with Gasteiger partial charge in [0.25, 0.3) is 5.91 Å². The molecular weight excluding hydrogens is 493 g/mol. The van der Waals surface area contributed by atoms with Crippen molar-refractivity contribution < 1.29 is 23.8 Å². The predicted octanol–water partition coefficient (Wildman–Crippen LogP) is 4.71. The number of nitrogens with two attached hydrogens (primary N) is 1. The normalized spacial score (nSPS) is 23.0. The van der Waals surface area contributed by atoms with Crippen molar-refractivity contribution in [2.75, 3.05) is 13.2 Å². The molecule has 0 spiro atoms. The highest BCUT2D eigenvalue weighted by molar-refractivity contribution is 7.15. The zero-order chi connectivity index (χ0) is 25.7. The van der Waals surface area contributed by atoms with E-state index in [1.54, 1.807) is 41.7 Å². The van der Waals surface area contributed by atoms with Gasteiger partial charge < -0.3 is 20.5 Å². The molecule has 3 fully saturated rings. The van der Waals surface area contributed by atoms with E-state index < -0.39 is 5.97 Å². The zero-order valence-corrected chi connectivity index (χ0v) is 21.0. The van der Waals surface area contributed by atoms with Crippen molar-refractivity contribution in [3.63, 3.8) is 0 Å². The Morgan fingerprint density at radius 2 is 1.95 bits per heavy atom. The number of hydrogen-bond acceptors (Lipinski definition) is 6. The van der Waals surface area contributed by atoms with Crippen molar-refractivity contribution in [1.29, 1.82) is 0 Å². The molecule has 2 aromatic carbocycles. The molecule has 2 aliphatic heterocycles. The molecule has 4 aliphatic rings. The summed E-state index contributed by atoms with van der Waals surface area (Å²) in [5.41, 5.74) is 8.49. The fourth-order valence-corrected chi connectivity index (χ4v) is 6.65. The lowest BCUT2D eigenvalue weighted by molar-refractivity contribution is 0.0689. The summed E-state index contributed by atoms with van der Waals surface area (Å²) in [5.74, 6) is 0.680. The van der Waals surface area contributed by atoms with Crippen LogP contribution in [0.15, 0.2) is 42.5 Å². The van der Waals surface area contributed by atoms with Crippen molar-refractivity contribution in [2.24, 2.45) is 11.7 Å². The lowest BCUT2D eigenvalue weighted by Crippen LogP contribution is -2.42. The number of halogens is 1. The molecule has 3 N–H and O–H groups in total. The Labute approximate surface area is 218 Å². The molecule has 3 aromatic rings. The van der Waals surface area contributed by atoms with E-state index in [2.05, 4.69) is 0 Å². The van der Waals surface area contributed by atoms with Gasteiger partial charge in [0.1, 0.15) is 17.3 Å². The smallest absolute Gasteiger partial charge is 0.336 e. The molecule has 3 atom stereocenters. The van der Waals surface area contributed by atoms with Crippen LogP contribution >= 0.6 is 11.3 Å². The average molecular weight is 522 g/mol. The first-order valence-electron chi connectivity index (χ1n) is 12.7. The summed E-state index contributed by atoms with van der Waals surface area (Å²) in [5, 5.41) is 9.83. The number of nitrogens with zero attached hydrogens (tertiary/aromatic N) is 2. The Bertz CT molecular complexity index is 1350. The van der Waals surface area contributed by atoms with Crippen molar-refractivity contribution >= 4 is 23.2 Å². The lowest BCUT2D eigenvalue weighted by atomic mass is 10.1. The van der Waals surface area contributed by atoms with E-state index in [9.17, 15) is 14.0 Å². The summed E-state index contributed by atoms with van der Waals surface area (Å²) in [6.07, 6.45) is 5.09. The van der Waals surface area contributed by atoms with Crippen molar-refractivity contribution in [3.8, 4) is 16.2 Å². The molecule has 2 saturated carbocycles. The molecule has 7 rings (SSSR count). The van der Waals surface area contributed by atoms with Gasteiger partial charge in [0.15, 0.2) is 0 Å². The molecule has 3 heterocycles. The molecule has 1 saturated heterocycles. The predicted molar refractivity (Wildman–Crippen MR) is 138 cm³/mol. The number of amides is 1. The number of rotatable bonds is 5. The Hall–Kier alpha value is -3.30. The number of ether oxygens (including phenoxy) is 1. The quantitative estimate of drug-likeness (QED) is 0.504. The number of carboxylic acids is 1. The van der Waals surface area contributed by atoms with Crippen molar-refractivity contribution in [2.45, 2.75) is 50.1 Å². The van der Waals surface area contributed by atoms with E-state index >= 15 is 0 Å². The highest BCUT2D eigenvalue weighted by atomic mass is 32.1. The van der Waals surface area contributed by atoms with Crippen molar-refractivity contribution in [3.05, 3.63) is 70.1 Å². The van der Waals surface area contributed by atoms with Gasteiger partial charge in [-0.05, 0) is 61.4 Å². The van der Waals surface area contributed by atoms with Crippen LogP contribution in [0.1, 0.15) is 63.0 Å². The highest BCUT2D eigenvalue weighted by Gasteiger charge is 2.54. The van der Waals surface area contributed by atoms with Crippen LogP contribution in [0.5, 0.6) is 5.75 Å². The van der Waals surface area contributed by atoms with Gasteiger partial charge >= 0.3 is 5.97 Å². The van der Waals surface area contributed by atoms with Gasteiger partial charge in [-0.15, -0.1) is 11.3 Å². The molecule has 0 radical (unpaired) electrons. The second-order valence-electron chi connectivity index (χ2n) is 10.1. The Morgan fingerprint density at radius 1 is 1.16 bits per heavy atom. The third-order valence-electron chi connectivity index (χ3n) is 7.57. The monoisotopic (exact) mass is 521 g/mol. The van der Waals surface area contributed by atoms with Crippen LogP contribution in [-0.2, 0) is 6.42 Å². The maximum atomic E-state index is 13.3. The summed E-state index contributed by atoms with van der Waals surface area (Å²) in [7, 11) is 0. The van der Waals surface area contributed by atoms with Gasteiger partial charge in [-0.2, -0.15) is 0 Å². The molecule has 1 amide bonds. The summed E-state index contributed by atoms with van der Waals surface area (Å²) in [6, 6.07) is 11.9. The number of aromatic nitrogens is 1. The van der Waals surface area contributed by atoms with Crippen LogP contribution in [0.25, 0.3) is 10.4 Å². The number of aromatic carboxylic acids is 1. The van der Waals surface area contributed by atoms with E-state index in [4.69, 9.17) is 20.6 Å². The van der Waals surface area contributed by atoms with E-state index in [0.29, 0.717) is 48.7 Å². The maximum absolute atomic E-state index is 13.3. The molecule has 1 aromatic heterocycles. The number of piperidine rings is 1. The number of carboxylic acid groups (broad SMARTS) is 1. The number of hydrogen-bond donors (Lipinski definition) is 2. The SMILES string of the molecule is NC[C@@H]1C[C@@H]2C[C@@H]2N1C(=O)c1nc(C2CC2)sc1-c1ccc(F)cc1.O=C(O)c1cccc2c1CCO2. The number of fused-ring (bicyclic) bond motifs is 2. The maximum Gasteiger partial charge on any atom is 0.336 e. The van der Waals surface area contributed by atoms with Crippen LogP contribution in [0, 0.1) is 11.7 Å². The summed E-state index contributed by atoms with van der Waals surface area (Å²) >= 11 is 1.59. The minimum absolute atomic E-state index is 0.00271. The zero-order valence-electron chi connectivity index (χ0n) is 20.2. The first-order chi connectivity index (χ1) is 17.9. The van der Waals surface area contributed by atoms with E-state index in [1.807, 2.05) is 4.90 Å². The highest BCUT2D eigenvalue weighted by Crippen LogP contribution is 2.50. The molecule has 9 heteroatoms. The van der Waals surface area contributed by atoms with E-state index in [-0.39, 0.29) is 17.8 Å². The van der Waals surface area contributed by atoms with E-state index in [0.717, 1.165) is 52.4 Å². The fraction of sp³-hybridized carbons (Fsp3) is 0.393. The first-order valence-corrected chi connectivity index (χ1v) is 13.5. The third-order valence-corrected chi connectivity index (χ3v) is 8.84. The van der Waals surface area contributed by atoms with E-state index in [1.165, 1.54) is 12.1 Å². The topological polar surface area (TPSA) is 106 Å². The molecule has 0 unspecified atom stereocenters. The number of thiazole rings is 1. The molecule has 7 nitrogen and oxygen atoms in total. The molecule has 37 heavy (non-hydrogen) atoms. The standard InChI is InChI=1S/C19H20FN3OS.C9H8O3/c20-13-5-3-10(4-6-13)17-16(22-18(25-17)11-1-2-11)19(24)23-14(9-21)7-12-8-15(12)23;10-9(11)7-2-1-3-8-6(7)4-5-12-8/h3-6,11-12,14-15H,1-2,7-9,21H2;1-3H,4-5H2,(H,10,11)/t12-,14+,15+;/m1./s1. The number of carbonyl (C=O) groups is 2.